The maximum absolute atomic E-state index is 10.9. The highest BCUT2D eigenvalue weighted by Crippen LogP contribution is 2.14. The van der Waals surface area contributed by atoms with Crippen LogP contribution in [-0.2, 0) is 4.79 Å². The van der Waals surface area contributed by atoms with Gasteiger partial charge in [0.25, 0.3) is 5.56 Å². The van der Waals surface area contributed by atoms with E-state index < -0.39 is 17.6 Å². The van der Waals surface area contributed by atoms with Crippen LogP contribution in [0.1, 0.15) is 18.0 Å². The van der Waals surface area contributed by atoms with Gasteiger partial charge in [-0.2, -0.15) is 0 Å². The molecular formula is C8H10N2O4. The van der Waals surface area contributed by atoms with E-state index in [1.54, 1.807) is 0 Å². The van der Waals surface area contributed by atoms with Crippen LogP contribution < -0.4 is 11.3 Å². The summed E-state index contributed by atoms with van der Waals surface area (Å²) >= 11 is 0. The molecule has 1 aromatic heterocycles. The highest BCUT2D eigenvalue weighted by molar-refractivity contribution is 5.67. The molecule has 0 aromatic carbocycles. The van der Waals surface area contributed by atoms with Crippen LogP contribution in [0.3, 0.4) is 0 Å². The van der Waals surface area contributed by atoms with Crippen LogP contribution >= 0.6 is 0 Å². The van der Waals surface area contributed by atoms with Gasteiger partial charge in [-0.25, -0.2) is 0 Å². The van der Waals surface area contributed by atoms with Crippen molar-refractivity contribution in [3.8, 4) is 5.88 Å². The van der Waals surface area contributed by atoms with Crippen molar-refractivity contribution < 1.29 is 15.0 Å². The molecule has 0 amide bonds. The smallest absolute Gasteiger partial charge is 0.305 e. The number of H-pyrrole nitrogens is 1. The van der Waals surface area contributed by atoms with E-state index in [4.69, 9.17) is 15.9 Å². The highest BCUT2D eigenvalue weighted by Gasteiger charge is 2.11. The summed E-state index contributed by atoms with van der Waals surface area (Å²) in [7, 11) is 0. The van der Waals surface area contributed by atoms with Gasteiger partial charge >= 0.3 is 5.97 Å². The lowest BCUT2D eigenvalue weighted by Crippen LogP contribution is -2.17. The van der Waals surface area contributed by atoms with Crippen molar-refractivity contribution in [2.45, 2.75) is 12.5 Å². The molecule has 0 aliphatic heterocycles. The first-order valence-electron chi connectivity index (χ1n) is 3.89. The molecule has 0 radical (unpaired) electrons. The van der Waals surface area contributed by atoms with Crippen LogP contribution in [0.2, 0.25) is 0 Å². The number of aliphatic carboxylic acids is 1. The Morgan fingerprint density at radius 1 is 1.57 bits per heavy atom. The first kappa shape index (κ1) is 10.3. The molecule has 1 rings (SSSR count). The molecule has 6 heteroatoms. The van der Waals surface area contributed by atoms with E-state index >= 15 is 0 Å². The van der Waals surface area contributed by atoms with Crippen LogP contribution in [0.5, 0.6) is 5.88 Å². The molecule has 76 valence electrons. The zero-order valence-electron chi connectivity index (χ0n) is 7.23. The van der Waals surface area contributed by atoms with Crippen molar-refractivity contribution in [3.63, 3.8) is 0 Å². The van der Waals surface area contributed by atoms with Crippen molar-refractivity contribution in [2.24, 2.45) is 5.73 Å². The number of hydrogen-bond donors (Lipinski definition) is 4. The molecule has 0 unspecified atom stereocenters. The molecule has 1 aromatic rings. The molecule has 5 N–H and O–H groups in total. The van der Waals surface area contributed by atoms with Crippen molar-refractivity contribution in [1.29, 1.82) is 0 Å². The van der Waals surface area contributed by atoms with Gasteiger partial charge in [0, 0.05) is 18.2 Å². The van der Waals surface area contributed by atoms with E-state index in [2.05, 4.69) is 4.98 Å². The number of carbonyl (C=O) groups is 1. The fraction of sp³-hybridized carbons (Fsp3) is 0.250. The lowest BCUT2D eigenvalue weighted by molar-refractivity contribution is -0.137. The summed E-state index contributed by atoms with van der Waals surface area (Å²) in [4.78, 5) is 23.3. The van der Waals surface area contributed by atoms with E-state index in [-0.39, 0.29) is 12.3 Å². The largest absolute Gasteiger partial charge is 0.495 e. The molecule has 0 bridgehead atoms. The number of hydrogen-bond acceptors (Lipinski definition) is 4. The van der Waals surface area contributed by atoms with Gasteiger partial charge in [-0.15, -0.1) is 0 Å². The van der Waals surface area contributed by atoms with E-state index in [0.29, 0.717) is 5.56 Å². The number of carboxylic acids is 1. The van der Waals surface area contributed by atoms with Crippen molar-refractivity contribution in [1.82, 2.24) is 4.98 Å². The van der Waals surface area contributed by atoms with Crippen molar-refractivity contribution in [2.75, 3.05) is 0 Å². The topological polar surface area (TPSA) is 116 Å². The van der Waals surface area contributed by atoms with Gasteiger partial charge in [0.1, 0.15) is 0 Å². The van der Waals surface area contributed by atoms with Crippen LogP contribution in [0.15, 0.2) is 16.9 Å². The Morgan fingerprint density at radius 2 is 2.21 bits per heavy atom. The van der Waals surface area contributed by atoms with Gasteiger partial charge in [0.2, 0.25) is 0 Å². The molecule has 1 atom stereocenters. The molecule has 14 heavy (non-hydrogen) atoms. The number of nitrogens with one attached hydrogen (secondary N) is 1. The second-order valence-electron chi connectivity index (χ2n) is 2.87. The minimum absolute atomic E-state index is 0.289. The van der Waals surface area contributed by atoms with Gasteiger partial charge < -0.3 is 15.9 Å². The minimum Gasteiger partial charge on any atom is -0.495 e. The second kappa shape index (κ2) is 3.93. The highest BCUT2D eigenvalue weighted by atomic mass is 16.4. The third kappa shape index (κ3) is 2.60. The maximum Gasteiger partial charge on any atom is 0.305 e. The Hall–Kier alpha value is -1.82. The van der Waals surface area contributed by atoms with Crippen LogP contribution in [0, 0.1) is 0 Å². The molecule has 0 fully saturated rings. The molecule has 0 saturated carbocycles. The van der Waals surface area contributed by atoms with Gasteiger partial charge in [0.15, 0.2) is 5.88 Å². The number of nitrogens with two attached hydrogens (primary N) is 1. The predicted octanol–water partition coefficient (Wildman–Crippen LogP) is -0.445. The van der Waals surface area contributed by atoms with Crippen LogP contribution in [0.4, 0.5) is 0 Å². The standard InChI is InChI=1S/C8H10N2O4/c9-5(3-8(13)14)4-1-6(11)10-7(12)2-4/h1-2,5H,3,9H2,(H,13,14)(H2,10,11,12)/t5-/m0/s1. The molecule has 0 saturated heterocycles. The SMILES string of the molecule is N[C@@H](CC(=O)O)c1cc(O)[nH]c(=O)c1. The number of rotatable bonds is 3. The van der Waals surface area contributed by atoms with Crippen molar-refractivity contribution >= 4 is 5.97 Å². The fourth-order valence-corrected chi connectivity index (χ4v) is 1.07. The van der Waals surface area contributed by atoms with Crippen LogP contribution in [-0.4, -0.2) is 21.2 Å². The average Bonchev–Trinajstić information content (AvgIpc) is 2.00. The Morgan fingerprint density at radius 3 is 2.71 bits per heavy atom. The van der Waals surface area contributed by atoms with Crippen molar-refractivity contribution in [3.05, 3.63) is 28.0 Å². The summed E-state index contributed by atoms with van der Waals surface area (Å²) in [6.07, 6.45) is -0.289. The first-order valence-corrected chi connectivity index (χ1v) is 3.89. The number of aromatic nitrogens is 1. The minimum atomic E-state index is -1.06. The third-order valence-corrected chi connectivity index (χ3v) is 1.68. The number of carboxylic acid groups (broad SMARTS) is 1. The number of aromatic hydroxyl groups is 1. The monoisotopic (exact) mass is 198 g/mol. The second-order valence-corrected chi connectivity index (χ2v) is 2.87. The maximum atomic E-state index is 10.9. The lowest BCUT2D eigenvalue weighted by atomic mass is 10.1. The summed E-state index contributed by atoms with van der Waals surface area (Å²) in [5.41, 5.74) is 5.28. The molecular weight excluding hydrogens is 188 g/mol. The summed E-state index contributed by atoms with van der Waals surface area (Å²) in [5, 5.41) is 17.5. The van der Waals surface area contributed by atoms with E-state index in [0.717, 1.165) is 6.07 Å². The zero-order valence-corrected chi connectivity index (χ0v) is 7.23. The van der Waals surface area contributed by atoms with Gasteiger partial charge in [0.05, 0.1) is 6.42 Å². The van der Waals surface area contributed by atoms with Gasteiger partial charge in [-0.3, -0.25) is 14.6 Å². The zero-order chi connectivity index (χ0) is 10.7. The summed E-state index contributed by atoms with van der Waals surface area (Å²) < 4.78 is 0. The summed E-state index contributed by atoms with van der Waals surface area (Å²) in [6.45, 7) is 0. The van der Waals surface area contributed by atoms with Gasteiger partial charge in [-0.05, 0) is 5.56 Å². The summed E-state index contributed by atoms with van der Waals surface area (Å²) in [5.74, 6) is -1.38. The molecule has 0 spiro atoms. The molecule has 0 aliphatic carbocycles. The van der Waals surface area contributed by atoms with E-state index in [9.17, 15) is 9.59 Å². The third-order valence-electron chi connectivity index (χ3n) is 1.68. The Balaban J connectivity index is 2.95. The first-order chi connectivity index (χ1) is 6.49. The van der Waals surface area contributed by atoms with E-state index in [1.807, 2.05) is 0 Å². The van der Waals surface area contributed by atoms with Gasteiger partial charge in [-0.1, -0.05) is 0 Å². The molecule has 0 aliphatic rings. The molecule has 1 heterocycles. The summed E-state index contributed by atoms with van der Waals surface area (Å²) in [6, 6.07) is 1.60. The van der Waals surface area contributed by atoms with E-state index in [1.165, 1.54) is 6.07 Å². The number of aromatic amines is 1. The normalized spacial score (nSPS) is 12.4. The fourth-order valence-electron chi connectivity index (χ4n) is 1.07. The number of pyridine rings is 1. The lowest BCUT2D eigenvalue weighted by Gasteiger charge is -2.08. The molecule has 6 nitrogen and oxygen atoms in total. The predicted molar refractivity (Wildman–Crippen MR) is 47.9 cm³/mol. The van der Waals surface area contributed by atoms with Crippen LogP contribution in [0.25, 0.3) is 0 Å². The Labute approximate surface area is 79.0 Å². The Kier molecular flexibility index (Phi) is 2.88. The Bertz CT molecular complexity index is 399. The quantitative estimate of drug-likeness (QED) is 0.525. The average molecular weight is 198 g/mol.